The summed E-state index contributed by atoms with van der Waals surface area (Å²) < 4.78 is 31.3. The number of hydrogen-bond acceptors (Lipinski definition) is 4. The molecule has 0 aromatic heterocycles. The second kappa shape index (κ2) is 6.27. The smallest absolute Gasteiger partial charge is 0.421 e. The first-order valence-corrected chi connectivity index (χ1v) is 6.82. The summed E-state index contributed by atoms with van der Waals surface area (Å²) in [5, 5.41) is 0. The number of ether oxygens (including phenoxy) is 1. The minimum atomic E-state index is -3.95. The highest BCUT2D eigenvalue weighted by Crippen LogP contribution is 2.17. The van der Waals surface area contributed by atoms with Crippen molar-refractivity contribution in [2.24, 2.45) is 0 Å². The molecule has 2 N–H and O–H groups in total. The van der Waals surface area contributed by atoms with E-state index in [1.54, 1.807) is 4.72 Å². The number of carbonyl (C=O) groups excluding carboxylic acids is 1. The molecule has 6 nitrogen and oxygen atoms in total. The Morgan fingerprint density at radius 1 is 1.38 bits per heavy atom. The highest BCUT2D eigenvalue weighted by Gasteiger charge is 2.31. The minimum absolute atomic E-state index is 0.127. The number of carbonyl (C=O) groups is 1. The zero-order valence-corrected chi connectivity index (χ0v) is 11.1. The molecule has 0 aliphatic heterocycles. The molecule has 0 unspecified atom stereocenters. The lowest BCUT2D eigenvalue weighted by atomic mass is 9.97. The predicted octanol–water partition coefficient (Wildman–Crippen LogP) is 0.974. The molecule has 0 fully saturated rings. The molecule has 16 heavy (non-hydrogen) atoms. The van der Waals surface area contributed by atoms with Gasteiger partial charge in [-0.05, 0) is 12.8 Å². The molecule has 0 atom stereocenters. The Morgan fingerprint density at radius 2 is 1.88 bits per heavy atom. The van der Waals surface area contributed by atoms with Crippen molar-refractivity contribution in [3.63, 3.8) is 0 Å². The SMILES string of the molecule is CCC(CC)(CCl)NS(=O)(=O)NC(=O)OC. The average Bonchev–Trinajstić information content (AvgIpc) is 2.25. The van der Waals surface area contributed by atoms with E-state index in [1.807, 2.05) is 13.8 Å². The standard InChI is InChI=1S/C8H17ClN2O4S/c1-4-8(5-2,6-9)11-16(13,14)10-7(12)15-3/h11H,4-6H2,1-3H3,(H,10,12). The molecular weight excluding hydrogens is 256 g/mol. The van der Waals surface area contributed by atoms with Gasteiger partial charge in [0.25, 0.3) is 0 Å². The lowest BCUT2D eigenvalue weighted by Gasteiger charge is -2.29. The van der Waals surface area contributed by atoms with E-state index in [0.29, 0.717) is 12.8 Å². The Morgan fingerprint density at radius 3 is 2.19 bits per heavy atom. The number of methoxy groups -OCH3 is 1. The number of halogens is 1. The summed E-state index contributed by atoms with van der Waals surface area (Å²) >= 11 is 5.73. The van der Waals surface area contributed by atoms with Gasteiger partial charge in [0.15, 0.2) is 0 Å². The summed E-state index contributed by atoms with van der Waals surface area (Å²) in [5.41, 5.74) is -0.749. The summed E-state index contributed by atoms with van der Waals surface area (Å²) in [5.74, 6) is 0.127. The molecule has 0 saturated carbocycles. The van der Waals surface area contributed by atoms with E-state index in [-0.39, 0.29) is 5.88 Å². The Hall–Kier alpha value is -0.530. The zero-order valence-electron chi connectivity index (χ0n) is 9.54. The highest BCUT2D eigenvalue weighted by atomic mass is 35.5. The fourth-order valence-corrected chi connectivity index (χ4v) is 2.88. The largest absolute Gasteiger partial charge is 0.452 e. The van der Waals surface area contributed by atoms with Gasteiger partial charge in [-0.25, -0.2) is 9.52 Å². The number of rotatable bonds is 6. The topological polar surface area (TPSA) is 84.5 Å². The molecule has 0 spiro atoms. The van der Waals surface area contributed by atoms with Gasteiger partial charge in [-0.1, -0.05) is 13.8 Å². The van der Waals surface area contributed by atoms with Crippen LogP contribution in [0.1, 0.15) is 26.7 Å². The molecule has 0 saturated heterocycles. The van der Waals surface area contributed by atoms with E-state index in [1.165, 1.54) is 0 Å². The van der Waals surface area contributed by atoms with Crippen LogP contribution < -0.4 is 9.44 Å². The summed E-state index contributed by atoms with van der Waals surface area (Å²) in [7, 11) is -2.86. The minimum Gasteiger partial charge on any atom is -0.452 e. The average molecular weight is 273 g/mol. The molecule has 0 aliphatic carbocycles. The predicted molar refractivity (Wildman–Crippen MR) is 61.6 cm³/mol. The molecular formula is C8H17ClN2O4S. The number of alkyl halides is 1. The van der Waals surface area contributed by atoms with Crippen LogP contribution in [0.5, 0.6) is 0 Å². The van der Waals surface area contributed by atoms with Crippen LogP contribution in [0.3, 0.4) is 0 Å². The maximum atomic E-state index is 11.5. The van der Waals surface area contributed by atoms with Crippen LogP contribution in [0.25, 0.3) is 0 Å². The van der Waals surface area contributed by atoms with Gasteiger partial charge in [-0.2, -0.15) is 13.1 Å². The van der Waals surface area contributed by atoms with Crippen molar-refractivity contribution >= 4 is 27.9 Å². The molecule has 0 aromatic rings. The van der Waals surface area contributed by atoms with E-state index < -0.39 is 21.8 Å². The summed E-state index contributed by atoms with van der Waals surface area (Å²) in [6.45, 7) is 3.62. The first kappa shape index (κ1) is 15.5. The summed E-state index contributed by atoms with van der Waals surface area (Å²) in [6.07, 6.45) is 0.00708. The molecule has 0 radical (unpaired) electrons. The number of nitrogens with one attached hydrogen (secondary N) is 2. The van der Waals surface area contributed by atoms with Crippen LogP contribution in [0.15, 0.2) is 0 Å². The Labute approximate surface area is 101 Å². The molecule has 0 bridgehead atoms. The van der Waals surface area contributed by atoms with E-state index in [9.17, 15) is 13.2 Å². The maximum absolute atomic E-state index is 11.5. The van der Waals surface area contributed by atoms with E-state index in [4.69, 9.17) is 11.6 Å². The lowest BCUT2D eigenvalue weighted by Crippen LogP contribution is -2.54. The molecule has 0 aromatic carbocycles. The third-order valence-corrected chi connectivity index (χ3v) is 4.01. The van der Waals surface area contributed by atoms with Gasteiger partial charge < -0.3 is 4.74 Å². The molecule has 0 heterocycles. The molecule has 0 rings (SSSR count). The van der Waals surface area contributed by atoms with Gasteiger partial charge in [0.05, 0.1) is 7.11 Å². The van der Waals surface area contributed by atoms with Crippen LogP contribution >= 0.6 is 11.6 Å². The quantitative estimate of drug-likeness (QED) is 0.706. The normalized spacial score (nSPS) is 12.2. The Balaban J connectivity index is 4.73. The Bertz CT molecular complexity index is 319. The van der Waals surface area contributed by atoms with Crippen LogP contribution in [-0.2, 0) is 14.9 Å². The van der Waals surface area contributed by atoms with Gasteiger partial charge in [0.1, 0.15) is 0 Å². The van der Waals surface area contributed by atoms with E-state index in [2.05, 4.69) is 9.46 Å². The second-order valence-corrected chi connectivity index (χ2v) is 5.00. The molecule has 96 valence electrons. The molecule has 0 aliphatic rings. The number of hydrogen-bond donors (Lipinski definition) is 2. The van der Waals surface area contributed by atoms with Crippen LogP contribution in [0.2, 0.25) is 0 Å². The first-order valence-electron chi connectivity index (χ1n) is 4.80. The fraction of sp³-hybridized carbons (Fsp3) is 0.875. The highest BCUT2D eigenvalue weighted by molar-refractivity contribution is 7.88. The number of amides is 1. The van der Waals surface area contributed by atoms with Gasteiger partial charge >= 0.3 is 16.3 Å². The van der Waals surface area contributed by atoms with Gasteiger partial charge in [-0.15, -0.1) is 11.6 Å². The third-order valence-electron chi connectivity index (χ3n) is 2.36. The van der Waals surface area contributed by atoms with Crippen LogP contribution in [0.4, 0.5) is 4.79 Å². The zero-order chi connectivity index (χ0) is 12.8. The second-order valence-electron chi connectivity index (χ2n) is 3.32. The van der Waals surface area contributed by atoms with Gasteiger partial charge in [0, 0.05) is 11.4 Å². The van der Waals surface area contributed by atoms with Crippen LogP contribution in [-0.4, -0.2) is 33.0 Å². The third kappa shape index (κ3) is 4.54. The van der Waals surface area contributed by atoms with Crippen molar-refractivity contribution in [3.8, 4) is 0 Å². The lowest BCUT2D eigenvalue weighted by molar-refractivity contribution is 0.177. The molecule has 1 amide bonds. The maximum Gasteiger partial charge on any atom is 0.421 e. The van der Waals surface area contributed by atoms with Crippen molar-refractivity contribution in [1.82, 2.24) is 9.44 Å². The molecule has 8 heteroatoms. The monoisotopic (exact) mass is 272 g/mol. The van der Waals surface area contributed by atoms with Crippen molar-refractivity contribution in [2.75, 3.05) is 13.0 Å². The summed E-state index contributed by atoms with van der Waals surface area (Å²) in [6, 6.07) is 0. The van der Waals surface area contributed by atoms with Gasteiger partial charge in [-0.3, -0.25) is 0 Å². The van der Waals surface area contributed by atoms with Crippen molar-refractivity contribution < 1.29 is 17.9 Å². The van der Waals surface area contributed by atoms with Crippen molar-refractivity contribution in [1.29, 1.82) is 0 Å². The van der Waals surface area contributed by atoms with Gasteiger partial charge in [0.2, 0.25) is 0 Å². The van der Waals surface area contributed by atoms with Crippen LogP contribution in [0, 0.1) is 0 Å². The summed E-state index contributed by atoms with van der Waals surface area (Å²) in [4.78, 5) is 10.8. The van der Waals surface area contributed by atoms with E-state index >= 15 is 0 Å². The van der Waals surface area contributed by atoms with Crippen molar-refractivity contribution in [2.45, 2.75) is 32.2 Å². The Kier molecular flexibility index (Phi) is 6.06. The first-order chi connectivity index (χ1) is 7.34. The van der Waals surface area contributed by atoms with Crippen molar-refractivity contribution in [3.05, 3.63) is 0 Å². The fourth-order valence-electron chi connectivity index (χ4n) is 1.07. The van der Waals surface area contributed by atoms with E-state index in [0.717, 1.165) is 7.11 Å².